The molecule has 2 N–H and O–H groups in total. The Bertz CT molecular complexity index is 467. The zero-order valence-corrected chi connectivity index (χ0v) is 12.8. The van der Waals surface area contributed by atoms with E-state index >= 15 is 0 Å². The first kappa shape index (κ1) is 14.4. The molecule has 104 valence electrons. The lowest BCUT2D eigenvalue weighted by Gasteiger charge is -2.25. The number of nitrogens with one attached hydrogen (secondary N) is 2. The molecule has 0 radical (unpaired) electrons. The van der Waals surface area contributed by atoms with Gasteiger partial charge in [-0.2, -0.15) is 0 Å². The first-order chi connectivity index (χ1) is 8.87. The van der Waals surface area contributed by atoms with Crippen molar-refractivity contribution in [1.29, 1.82) is 0 Å². The molecule has 0 spiro atoms. The summed E-state index contributed by atoms with van der Waals surface area (Å²) in [6, 6.07) is 8.48. The van der Waals surface area contributed by atoms with Crippen LogP contribution < -0.4 is 10.6 Å². The third-order valence-electron chi connectivity index (χ3n) is 3.04. The molecule has 4 heteroatoms. The number of fused-ring (bicyclic) bond motifs is 1. The van der Waals surface area contributed by atoms with Crippen molar-refractivity contribution in [3.05, 3.63) is 29.8 Å². The van der Waals surface area contributed by atoms with Crippen LogP contribution in [0.4, 0.5) is 0 Å². The third-order valence-corrected chi connectivity index (χ3v) is 4.23. The zero-order valence-electron chi connectivity index (χ0n) is 12.0. The van der Waals surface area contributed by atoms with Crippen LogP contribution in [0.2, 0.25) is 0 Å². The first-order valence-corrected chi connectivity index (χ1v) is 7.65. The molecule has 19 heavy (non-hydrogen) atoms. The van der Waals surface area contributed by atoms with Gasteiger partial charge in [0.1, 0.15) is 0 Å². The number of hydrogen-bond acceptors (Lipinski definition) is 3. The van der Waals surface area contributed by atoms with Gasteiger partial charge in [-0.15, -0.1) is 11.8 Å². The van der Waals surface area contributed by atoms with Crippen molar-refractivity contribution in [1.82, 2.24) is 10.6 Å². The van der Waals surface area contributed by atoms with E-state index in [0.29, 0.717) is 0 Å². The summed E-state index contributed by atoms with van der Waals surface area (Å²) in [7, 11) is 0. The zero-order chi connectivity index (χ0) is 14.0. The molecule has 2 rings (SSSR count). The highest BCUT2D eigenvalue weighted by atomic mass is 32.2. The largest absolute Gasteiger partial charge is 0.350 e. The monoisotopic (exact) mass is 278 g/mol. The molecule has 2 unspecified atom stereocenters. The molecule has 1 aliphatic heterocycles. The molecule has 0 aliphatic carbocycles. The summed E-state index contributed by atoms with van der Waals surface area (Å²) in [5.41, 5.74) is 1.12. The molecule has 0 bridgehead atoms. The summed E-state index contributed by atoms with van der Waals surface area (Å²) in [4.78, 5) is 13.4. The van der Waals surface area contributed by atoms with Crippen molar-refractivity contribution < 1.29 is 4.79 Å². The number of benzene rings is 1. The Kier molecular flexibility index (Phi) is 4.21. The second kappa shape index (κ2) is 5.55. The van der Waals surface area contributed by atoms with Gasteiger partial charge >= 0.3 is 0 Å². The maximum Gasteiger partial charge on any atom is 0.237 e. The normalized spacial score (nSPS) is 19.9. The summed E-state index contributed by atoms with van der Waals surface area (Å²) in [5, 5.41) is 6.43. The molecule has 1 amide bonds. The Labute approximate surface area is 119 Å². The van der Waals surface area contributed by atoms with E-state index < -0.39 is 0 Å². The average molecular weight is 278 g/mol. The van der Waals surface area contributed by atoms with Crippen molar-refractivity contribution in [3.8, 4) is 0 Å². The third kappa shape index (κ3) is 3.74. The summed E-state index contributed by atoms with van der Waals surface area (Å²) in [6.45, 7) is 7.92. The number of amides is 1. The molecule has 0 aromatic heterocycles. The Morgan fingerprint density at radius 2 is 2.05 bits per heavy atom. The molecular formula is C15H22N2OS. The van der Waals surface area contributed by atoms with Crippen molar-refractivity contribution in [3.63, 3.8) is 0 Å². The molecule has 0 saturated heterocycles. The number of hydrogen-bond donors (Lipinski definition) is 2. The lowest BCUT2D eigenvalue weighted by molar-refractivity contribution is -0.124. The molecule has 2 atom stereocenters. The van der Waals surface area contributed by atoms with Crippen LogP contribution in [0.25, 0.3) is 0 Å². The van der Waals surface area contributed by atoms with E-state index in [0.717, 1.165) is 5.75 Å². The van der Waals surface area contributed by atoms with Crippen LogP contribution in [-0.4, -0.2) is 23.2 Å². The summed E-state index contributed by atoms with van der Waals surface area (Å²) in [6.07, 6.45) is 0. The van der Waals surface area contributed by atoms with Crippen molar-refractivity contribution in [2.75, 3.05) is 5.75 Å². The lowest BCUT2D eigenvalue weighted by Crippen LogP contribution is -2.50. The van der Waals surface area contributed by atoms with Crippen molar-refractivity contribution in [2.24, 2.45) is 0 Å². The summed E-state index contributed by atoms with van der Waals surface area (Å²) < 4.78 is 0. The molecule has 3 nitrogen and oxygen atoms in total. The Morgan fingerprint density at radius 3 is 2.74 bits per heavy atom. The number of carbonyl (C=O) groups excluding carboxylic acids is 1. The van der Waals surface area contributed by atoms with Gasteiger partial charge in [-0.1, -0.05) is 18.2 Å². The lowest BCUT2D eigenvalue weighted by atomic mass is 10.1. The highest BCUT2D eigenvalue weighted by Gasteiger charge is 2.27. The van der Waals surface area contributed by atoms with Crippen LogP contribution >= 0.6 is 11.8 Å². The van der Waals surface area contributed by atoms with Crippen LogP contribution in [0.5, 0.6) is 0 Å². The van der Waals surface area contributed by atoms with E-state index in [1.165, 1.54) is 10.5 Å². The molecule has 1 heterocycles. The predicted octanol–water partition coefficient (Wildman–Crippen LogP) is 2.73. The van der Waals surface area contributed by atoms with Gasteiger partial charge in [0.2, 0.25) is 5.91 Å². The highest BCUT2D eigenvalue weighted by Crippen LogP contribution is 2.37. The highest BCUT2D eigenvalue weighted by molar-refractivity contribution is 7.99. The average Bonchev–Trinajstić information content (AvgIpc) is 2.70. The maximum absolute atomic E-state index is 12.1. The topological polar surface area (TPSA) is 41.1 Å². The van der Waals surface area contributed by atoms with Crippen molar-refractivity contribution >= 4 is 17.7 Å². The minimum atomic E-state index is -0.185. The molecule has 1 aromatic carbocycles. The van der Waals surface area contributed by atoms with Gasteiger partial charge in [-0.3, -0.25) is 10.1 Å². The molecule has 1 aromatic rings. The number of carbonyl (C=O) groups is 1. The fraction of sp³-hybridized carbons (Fsp3) is 0.533. The Balaban J connectivity index is 1.97. The van der Waals surface area contributed by atoms with Crippen LogP contribution in [0.1, 0.15) is 39.3 Å². The minimum absolute atomic E-state index is 0.0573. The molecular weight excluding hydrogens is 256 g/mol. The molecule has 1 aliphatic rings. The van der Waals surface area contributed by atoms with E-state index in [4.69, 9.17) is 0 Å². The second-order valence-electron chi connectivity index (χ2n) is 6.03. The fourth-order valence-electron chi connectivity index (χ4n) is 2.16. The smallest absolute Gasteiger partial charge is 0.237 e. The van der Waals surface area contributed by atoms with E-state index in [1.807, 2.05) is 39.5 Å². The van der Waals surface area contributed by atoms with E-state index in [9.17, 15) is 4.79 Å². The summed E-state index contributed by atoms with van der Waals surface area (Å²) >= 11 is 1.85. The van der Waals surface area contributed by atoms with E-state index in [-0.39, 0.29) is 23.5 Å². The number of rotatable bonds is 3. The Morgan fingerprint density at radius 1 is 1.37 bits per heavy atom. The first-order valence-electron chi connectivity index (χ1n) is 6.66. The van der Waals surface area contributed by atoms with Crippen LogP contribution in [0.15, 0.2) is 29.2 Å². The maximum atomic E-state index is 12.1. The van der Waals surface area contributed by atoms with Gasteiger partial charge in [0.05, 0.1) is 6.04 Å². The van der Waals surface area contributed by atoms with E-state index in [1.54, 1.807) is 0 Å². The fourth-order valence-corrected chi connectivity index (χ4v) is 3.33. The SMILES string of the molecule is CC(NC1CSc2ccccc21)C(=O)NC(C)(C)C. The van der Waals surface area contributed by atoms with Gasteiger partial charge in [-0.25, -0.2) is 0 Å². The van der Waals surface area contributed by atoms with E-state index in [2.05, 4.69) is 34.9 Å². The second-order valence-corrected chi connectivity index (χ2v) is 7.09. The minimum Gasteiger partial charge on any atom is -0.350 e. The van der Waals surface area contributed by atoms with Gasteiger partial charge < -0.3 is 5.32 Å². The van der Waals surface area contributed by atoms with Gasteiger partial charge in [0.25, 0.3) is 0 Å². The van der Waals surface area contributed by atoms with Crippen LogP contribution in [0.3, 0.4) is 0 Å². The standard InChI is InChI=1S/C15H22N2OS/c1-10(14(18)17-15(2,3)4)16-12-9-19-13-8-6-5-7-11(12)13/h5-8,10,12,16H,9H2,1-4H3,(H,17,18). The van der Waals surface area contributed by atoms with Gasteiger partial charge in [0, 0.05) is 22.2 Å². The number of thioether (sulfide) groups is 1. The van der Waals surface area contributed by atoms with Crippen LogP contribution in [-0.2, 0) is 4.79 Å². The molecule has 0 fully saturated rings. The quantitative estimate of drug-likeness (QED) is 0.893. The van der Waals surface area contributed by atoms with Gasteiger partial charge in [0.15, 0.2) is 0 Å². The van der Waals surface area contributed by atoms with Crippen LogP contribution in [0, 0.1) is 0 Å². The summed E-state index contributed by atoms with van der Waals surface area (Å²) in [5.74, 6) is 1.05. The Hall–Kier alpha value is -1.00. The molecule has 0 saturated carbocycles. The van der Waals surface area contributed by atoms with Gasteiger partial charge in [-0.05, 0) is 39.3 Å². The van der Waals surface area contributed by atoms with Crippen molar-refractivity contribution in [2.45, 2.75) is 50.2 Å². The predicted molar refractivity (Wildman–Crippen MR) is 80.4 cm³/mol.